The molecule has 3 atom stereocenters. The maximum atomic E-state index is 11.9. The molecule has 2 N–H and O–H groups in total. The zero-order valence-electron chi connectivity index (χ0n) is 14.5. The van der Waals surface area contributed by atoms with Gasteiger partial charge in [0.1, 0.15) is 5.75 Å². The van der Waals surface area contributed by atoms with Crippen LogP contribution in [0.4, 0.5) is 0 Å². The van der Waals surface area contributed by atoms with Gasteiger partial charge in [-0.2, -0.15) is 0 Å². The first kappa shape index (κ1) is 15.2. The molecule has 130 valence electrons. The van der Waals surface area contributed by atoms with Crippen LogP contribution in [0.3, 0.4) is 0 Å². The third-order valence-electron chi connectivity index (χ3n) is 7.80. The number of hydrogen-bond donors (Lipinski definition) is 2. The Morgan fingerprint density at radius 3 is 2.71 bits per heavy atom. The van der Waals surface area contributed by atoms with Gasteiger partial charge in [-0.1, -0.05) is 25.3 Å². The van der Waals surface area contributed by atoms with Crippen molar-refractivity contribution in [3.63, 3.8) is 0 Å². The summed E-state index contributed by atoms with van der Waals surface area (Å²) in [5.41, 5.74) is 1.89. The number of piperidine rings is 1. The molecule has 1 saturated heterocycles. The highest BCUT2D eigenvalue weighted by Crippen LogP contribution is 2.58. The van der Waals surface area contributed by atoms with Crippen LogP contribution in [0.1, 0.15) is 62.5 Å². The molecule has 0 spiro atoms. The maximum absolute atomic E-state index is 11.9. The molecule has 3 nitrogen and oxygen atoms in total. The zero-order valence-corrected chi connectivity index (χ0v) is 14.5. The predicted molar refractivity (Wildman–Crippen MR) is 94.2 cm³/mol. The fourth-order valence-corrected chi connectivity index (χ4v) is 6.32. The number of aromatic hydroxyl groups is 1. The number of fused-ring (bicyclic) bond motifs is 1. The van der Waals surface area contributed by atoms with E-state index in [0.717, 1.165) is 44.6 Å². The minimum atomic E-state index is -0.603. The molecule has 5 rings (SSSR count). The van der Waals surface area contributed by atoms with Gasteiger partial charge in [-0.3, -0.25) is 4.90 Å². The fraction of sp³-hybridized carbons (Fsp3) is 0.714. The highest BCUT2D eigenvalue weighted by atomic mass is 16.3. The molecule has 0 aromatic heterocycles. The second kappa shape index (κ2) is 5.22. The molecule has 3 fully saturated rings. The monoisotopic (exact) mass is 327 g/mol. The average Bonchev–Trinajstić information content (AvgIpc) is 2.53. The van der Waals surface area contributed by atoms with E-state index in [0.29, 0.717) is 5.75 Å². The van der Waals surface area contributed by atoms with Gasteiger partial charge in [0.2, 0.25) is 0 Å². The van der Waals surface area contributed by atoms with Gasteiger partial charge in [0, 0.05) is 18.0 Å². The molecule has 3 heteroatoms. The van der Waals surface area contributed by atoms with Gasteiger partial charge >= 0.3 is 0 Å². The molecule has 1 unspecified atom stereocenters. The SMILES string of the molecule is Oc1ccc2c(c1)C13CCCC[C@@]1(O)[C@@H](C2)N(CC1CCC1)CC3. The second-order valence-electron chi connectivity index (χ2n) is 8.82. The molecule has 1 aromatic rings. The lowest BCUT2D eigenvalue weighted by Gasteiger charge is -2.64. The Balaban J connectivity index is 1.59. The van der Waals surface area contributed by atoms with Crippen LogP contribution in [-0.2, 0) is 11.8 Å². The third-order valence-corrected chi connectivity index (χ3v) is 7.80. The van der Waals surface area contributed by atoms with Crippen molar-refractivity contribution >= 4 is 0 Å². The molecule has 2 bridgehead atoms. The summed E-state index contributed by atoms with van der Waals surface area (Å²) >= 11 is 0. The van der Waals surface area contributed by atoms with Gasteiger partial charge in [0.05, 0.1) is 5.60 Å². The summed E-state index contributed by atoms with van der Waals surface area (Å²) in [6.45, 7) is 2.29. The van der Waals surface area contributed by atoms with Gasteiger partial charge in [-0.05, 0) is 74.2 Å². The van der Waals surface area contributed by atoms with Crippen LogP contribution in [0.15, 0.2) is 18.2 Å². The Morgan fingerprint density at radius 2 is 1.92 bits per heavy atom. The molecule has 1 heterocycles. The third kappa shape index (κ3) is 1.91. The molecule has 3 aliphatic carbocycles. The summed E-state index contributed by atoms with van der Waals surface area (Å²) in [5.74, 6) is 1.21. The van der Waals surface area contributed by atoms with Crippen LogP contribution >= 0.6 is 0 Å². The summed E-state index contributed by atoms with van der Waals surface area (Å²) in [7, 11) is 0. The molecular weight excluding hydrogens is 298 g/mol. The summed E-state index contributed by atoms with van der Waals surface area (Å²) in [6, 6.07) is 6.17. The number of nitrogens with zero attached hydrogens (tertiary/aromatic N) is 1. The van der Waals surface area contributed by atoms with Crippen LogP contribution < -0.4 is 0 Å². The molecule has 1 aromatic carbocycles. The Kier molecular flexibility index (Phi) is 3.31. The van der Waals surface area contributed by atoms with E-state index < -0.39 is 5.60 Å². The van der Waals surface area contributed by atoms with E-state index in [9.17, 15) is 10.2 Å². The Bertz CT molecular complexity index is 655. The number of aliphatic hydroxyl groups is 1. The van der Waals surface area contributed by atoms with Crippen molar-refractivity contribution in [2.24, 2.45) is 5.92 Å². The van der Waals surface area contributed by atoms with E-state index in [1.165, 1.54) is 43.4 Å². The van der Waals surface area contributed by atoms with E-state index in [2.05, 4.69) is 11.0 Å². The van der Waals surface area contributed by atoms with Crippen LogP contribution in [-0.4, -0.2) is 39.8 Å². The van der Waals surface area contributed by atoms with Crippen molar-refractivity contribution < 1.29 is 10.2 Å². The van der Waals surface area contributed by atoms with Gasteiger partial charge in [-0.25, -0.2) is 0 Å². The maximum Gasteiger partial charge on any atom is 0.115 e. The lowest BCUT2D eigenvalue weighted by atomic mass is 9.49. The molecule has 2 saturated carbocycles. The topological polar surface area (TPSA) is 43.7 Å². The first-order valence-corrected chi connectivity index (χ1v) is 9.91. The fourth-order valence-electron chi connectivity index (χ4n) is 6.32. The Morgan fingerprint density at radius 1 is 1.08 bits per heavy atom. The van der Waals surface area contributed by atoms with Gasteiger partial charge in [-0.15, -0.1) is 0 Å². The van der Waals surface area contributed by atoms with Crippen molar-refractivity contribution in [1.82, 2.24) is 4.90 Å². The smallest absolute Gasteiger partial charge is 0.115 e. The van der Waals surface area contributed by atoms with Crippen molar-refractivity contribution in [3.05, 3.63) is 29.3 Å². The van der Waals surface area contributed by atoms with Crippen molar-refractivity contribution in [1.29, 1.82) is 0 Å². The van der Waals surface area contributed by atoms with Crippen LogP contribution in [0.25, 0.3) is 0 Å². The van der Waals surface area contributed by atoms with Gasteiger partial charge < -0.3 is 10.2 Å². The molecular formula is C21H29NO2. The second-order valence-corrected chi connectivity index (χ2v) is 8.82. The minimum absolute atomic E-state index is 0.127. The lowest BCUT2D eigenvalue weighted by molar-refractivity contribution is -0.169. The van der Waals surface area contributed by atoms with Crippen molar-refractivity contribution in [3.8, 4) is 5.75 Å². The van der Waals surface area contributed by atoms with Crippen LogP contribution in [0.5, 0.6) is 5.75 Å². The summed E-state index contributed by atoms with van der Waals surface area (Å²) in [5, 5.41) is 22.0. The van der Waals surface area contributed by atoms with Crippen molar-refractivity contribution in [2.45, 2.75) is 74.8 Å². The summed E-state index contributed by atoms with van der Waals surface area (Å²) in [4.78, 5) is 2.63. The highest BCUT2D eigenvalue weighted by molar-refractivity contribution is 5.48. The zero-order chi connectivity index (χ0) is 16.4. The van der Waals surface area contributed by atoms with E-state index >= 15 is 0 Å². The summed E-state index contributed by atoms with van der Waals surface area (Å²) in [6.07, 6.45) is 10.5. The number of phenols is 1. The van der Waals surface area contributed by atoms with E-state index in [4.69, 9.17) is 0 Å². The van der Waals surface area contributed by atoms with Gasteiger partial charge in [0.25, 0.3) is 0 Å². The standard InChI is InChI=1S/C21H29NO2/c23-17-7-6-16-12-19-21(24)9-2-1-8-20(21,18(16)13-17)10-11-22(19)14-15-4-3-5-15/h6-7,13,15,19,23-24H,1-5,8-12,14H2/t19-,20?,21-/m1/s1. The number of benzene rings is 1. The molecule has 0 radical (unpaired) electrons. The predicted octanol–water partition coefficient (Wildman–Crippen LogP) is 3.37. The quantitative estimate of drug-likeness (QED) is 0.875. The number of rotatable bonds is 2. The Labute approximate surface area is 144 Å². The molecule has 1 aliphatic heterocycles. The van der Waals surface area contributed by atoms with Crippen LogP contribution in [0, 0.1) is 5.92 Å². The number of hydrogen-bond acceptors (Lipinski definition) is 3. The first-order chi connectivity index (χ1) is 11.6. The number of likely N-dealkylation sites (tertiary alicyclic amines) is 1. The normalized spacial score (nSPS) is 39.0. The lowest BCUT2D eigenvalue weighted by Crippen LogP contribution is -2.72. The Hall–Kier alpha value is -1.06. The van der Waals surface area contributed by atoms with E-state index in [1.807, 2.05) is 12.1 Å². The summed E-state index contributed by atoms with van der Waals surface area (Å²) < 4.78 is 0. The van der Waals surface area contributed by atoms with E-state index in [-0.39, 0.29) is 11.5 Å². The molecule has 0 amide bonds. The first-order valence-electron chi connectivity index (χ1n) is 9.91. The highest BCUT2D eigenvalue weighted by Gasteiger charge is 2.63. The van der Waals surface area contributed by atoms with Crippen LogP contribution in [0.2, 0.25) is 0 Å². The minimum Gasteiger partial charge on any atom is -0.508 e. The average molecular weight is 327 g/mol. The molecule has 24 heavy (non-hydrogen) atoms. The van der Waals surface area contributed by atoms with Gasteiger partial charge in [0.15, 0.2) is 0 Å². The van der Waals surface area contributed by atoms with E-state index in [1.54, 1.807) is 0 Å². The molecule has 4 aliphatic rings. The largest absolute Gasteiger partial charge is 0.508 e. The number of phenolic OH excluding ortho intramolecular Hbond substituents is 1. The van der Waals surface area contributed by atoms with Crippen molar-refractivity contribution in [2.75, 3.05) is 13.1 Å².